The van der Waals surface area contributed by atoms with Crippen molar-refractivity contribution in [3.63, 3.8) is 0 Å². The molecule has 0 aromatic heterocycles. The van der Waals surface area contributed by atoms with Crippen LogP contribution in [0.1, 0.15) is 64.7 Å². The molecule has 1 N–H and O–H groups in total. The molecule has 0 saturated heterocycles. The van der Waals surface area contributed by atoms with Gasteiger partial charge in [-0.25, -0.2) is 0 Å². The fourth-order valence-electron chi connectivity index (χ4n) is 1.74. The zero-order valence-corrected chi connectivity index (χ0v) is 11.2. The molecule has 0 aromatic rings. The number of rotatable bonds is 11. The third-order valence-corrected chi connectivity index (χ3v) is 3.50. The minimum atomic E-state index is -0.768. The maximum atomic E-state index is 10.3. The molecule has 2 unspecified atom stereocenters. The van der Waals surface area contributed by atoms with E-state index >= 15 is 0 Å². The first kappa shape index (κ1) is 15.2. The van der Waals surface area contributed by atoms with Crippen molar-refractivity contribution in [1.29, 1.82) is 0 Å². The Bertz CT molecular complexity index is 140. The summed E-state index contributed by atoms with van der Waals surface area (Å²) in [5.41, 5.74) is 0. The third kappa shape index (κ3) is 12.1. The summed E-state index contributed by atoms with van der Waals surface area (Å²) in [6, 6.07) is 0. The van der Waals surface area contributed by atoms with Crippen molar-refractivity contribution in [3.05, 3.63) is 0 Å². The van der Waals surface area contributed by atoms with Gasteiger partial charge in [0.25, 0.3) is 0 Å². The molecular weight excluding hydrogens is 207 g/mol. The SMILES string of the molecule is CCCCCCCCCCC(O)C[PH2]=O. The summed E-state index contributed by atoms with van der Waals surface area (Å²) in [6.07, 6.45) is 11.4. The van der Waals surface area contributed by atoms with Crippen molar-refractivity contribution in [1.82, 2.24) is 0 Å². The molecule has 0 aromatic carbocycles. The van der Waals surface area contributed by atoms with Crippen LogP contribution in [0.15, 0.2) is 0 Å². The molecule has 15 heavy (non-hydrogen) atoms. The number of aliphatic hydroxyl groups excluding tert-OH is 1. The number of hydrogen-bond donors (Lipinski definition) is 1. The lowest BCUT2D eigenvalue weighted by Gasteiger charge is -2.06. The van der Waals surface area contributed by atoms with E-state index in [1.165, 1.54) is 44.9 Å². The second-order valence-electron chi connectivity index (χ2n) is 4.32. The van der Waals surface area contributed by atoms with E-state index in [1.807, 2.05) is 0 Å². The van der Waals surface area contributed by atoms with Gasteiger partial charge in [-0.15, -0.1) is 0 Å². The Morgan fingerprint density at radius 1 is 1.00 bits per heavy atom. The second kappa shape index (κ2) is 12.3. The van der Waals surface area contributed by atoms with Crippen LogP contribution in [0.3, 0.4) is 0 Å². The van der Waals surface area contributed by atoms with E-state index in [0.29, 0.717) is 6.16 Å². The smallest absolute Gasteiger partial charge is 0.0670 e. The summed E-state index contributed by atoms with van der Waals surface area (Å²) in [5, 5.41) is 9.34. The minimum Gasteiger partial charge on any atom is -0.393 e. The zero-order chi connectivity index (χ0) is 11.4. The molecule has 0 aliphatic rings. The maximum absolute atomic E-state index is 10.3. The van der Waals surface area contributed by atoms with Crippen LogP contribution < -0.4 is 0 Å². The van der Waals surface area contributed by atoms with Crippen LogP contribution in [0.2, 0.25) is 0 Å². The van der Waals surface area contributed by atoms with E-state index in [2.05, 4.69) is 6.92 Å². The highest BCUT2D eigenvalue weighted by molar-refractivity contribution is 7.23. The van der Waals surface area contributed by atoms with E-state index in [0.717, 1.165) is 12.8 Å². The van der Waals surface area contributed by atoms with Gasteiger partial charge in [0, 0.05) is 6.16 Å². The summed E-state index contributed by atoms with van der Waals surface area (Å²) in [6.45, 7) is 2.24. The monoisotopic (exact) mass is 234 g/mol. The van der Waals surface area contributed by atoms with Gasteiger partial charge < -0.3 is 9.67 Å². The Morgan fingerprint density at radius 3 is 2.07 bits per heavy atom. The lowest BCUT2D eigenvalue weighted by Crippen LogP contribution is -2.07. The number of aliphatic hydroxyl groups is 1. The summed E-state index contributed by atoms with van der Waals surface area (Å²) in [5.74, 6) is 0. The Kier molecular flexibility index (Phi) is 12.4. The molecule has 0 fully saturated rings. The predicted molar refractivity (Wildman–Crippen MR) is 68.5 cm³/mol. The first-order valence-corrected chi connectivity index (χ1v) is 7.71. The van der Waals surface area contributed by atoms with Crippen molar-refractivity contribution in [2.75, 3.05) is 6.16 Å². The van der Waals surface area contributed by atoms with Crippen LogP contribution in [-0.4, -0.2) is 17.4 Å². The average molecular weight is 234 g/mol. The van der Waals surface area contributed by atoms with Gasteiger partial charge in [0.2, 0.25) is 0 Å². The van der Waals surface area contributed by atoms with Crippen molar-refractivity contribution in [2.45, 2.75) is 70.8 Å². The molecule has 0 heterocycles. The molecule has 3 heteroatoms. The van der Waals surface area contributed by atoms with E-state index in [1.54, 1.807) is 0 Å². The Balaban J connectivity index is 3.01. The average Bonchev–Trinajstić information content (AvgIpc) is 2.22. The number of unbranched alkanes of at least 4 members (excludes halogenated alkanes) is 7. The van der Waals surface area contributed by atoms with Crippen molar-refractivity contribution >= 4 is 8.46 Å². The van der Waals surface area contributed by atoms with Gasteiger partial charge in [0.05, 0.1) is 14.6 Å². The molecule has 0 aliphatic carbocycles. The molecule has 92 valence electrons. The summed E-state index contributed by atoms with van der Waals surface area (Å²) in [4.78, 5) is 0. The minimum absolute atomic E-state index is 0.308. The molecule has 0 rings (SSSR count). The van der Waals surface area contributed by atoms with Gasteiger partial charge in [0.1, 0.15) is 0 Å². The fraction of sp³-hybridized carbons (Fsp3) is 1.00. The van der Waals surface area contributed by atoms with E-state index in [9.17, 15) is 9.67 Å². The van der Waals surface area contributed by atoms with Crippen LogP contribution >= 0.6 is 8.46 Å². The van der Waals surface area contributed by atoms with Crippen LogP contribution in [0, 0.1) is 0 Å². The van der Waals surface area contributed by atoms with Crippen LogP contribution in [0.5, 0.6) is 0 Å². The van der Waals surface area contributed by atoms with Crippen LogP contribution in [0.4, 0.5) is 0 Å². The molecule has 0 amide bonds. The first-order chi connectivity index (χ1) is 7.31. The molecule has 0 spiro atoms. The maximum Gasteiger partial charge on any atom is 0.0670 e. The predicted octanol–water partition coefficient (Wildman–Crippen LogP) is 3.63. The lowest BCUT2D eigenvalue weighted by molar-refractivity contribution is 0.183. The normalized spacial score (nSPS) is 13.7. The zero-order valence-electron chi connectivity index (χ0n) is 10.1. The Hall–Kier alpha value is 0.190. The van der Waals surface area contributed by atoms with E-state index < -0.39 is 8.46 Å². The highest BCUT2D eigenvalue weighted by Crippen LogP contribution is 2.11. The molecule has 2 atom stereocenters. The van der Waals surface area contributed by atoms with Gasteiger partial charge >= 0.3 is 0 Å². The second-order valence-corrected chi connectivity index (χ2v) is 5.12. The van der Waals surface area contributed by atoms with Gasteiger partial charge in [-0.05, 0) is 6.42 Å². The van der Waals surface area contributed by atoms with Gasteiger partial charge in [-0.1, -0.05) is 58.3 Å². The summed E-state index contributed by atoms with van der Waals surface area (Å²) < 4.78 is 10.3. The molecule has 2 nitrogen and oxygen atoms in total. The van der Waals surface area contributed by atoms with E-state index in [4.69, 9.17) is 0 Å². The standard InChI is InChI=1S/C12H27O2P/c1-2-3-4-5-6-7-8-9-10-12(13)11-15-14/h12-13H,2-11,15H2,1H3. The summed E-state index contributed by atoms with van der Waals surface area (Å²) >= 11 is 0. The van der Waals surface area contributed by atoms with Gasteiger partial charge in [-0.2, -0.15) is 0 Å². The van der Waals surface area contributed by atoms with Gasteiger partial charge in [-0.3, -0.25) is 0 Å². The van der Waals surface area contributed by atoms with Gasteiger partial charge in [0.15, 0.2) is 0 Å². The molecule has 0 bridgehead atoms. The Morgan fingerprint density at radius 2 is 1.53 bits per heavy atom. The van der Waals surface area contributed by atoms with E-state index in [-0.39, 0.29) is 6.10 Å². The molecule has 0 saturated carbocycles. The van der Waals surface area contributed by atoms with Crippen LogP contribution in [0.25, 0.3) is 0 Å². The van der Waals surface area contributed by atoms with Crippen molar-refractivity contribution in [3.8, 4) is 0 Å². The van der Waals surface area contributed by atoms with Crippen molar-refractivity contribution in [2.24, 2.45) is 0 Å². The summed E-state index contributed by atoms with van der Waals surface area (Å²) in [7, 11) is -0.768. The highest BCUT2D eigenvalue weighted by atomic mass is 31.1. The Labute approximate surface area is 95.7 Å². The quantitative estimate of drug-likeness (QED) is 0.438. The molecule has 0 aliphatic heterocycles. The fourth-order valence-corrected chi connectivity index (χ4v) is 2.20. The topological polar surface area (TPSA) is 37.3 Å². The lowest BCUT2D eigenvalue weighted by atomic mass is 10.1. The highest BCUT2D eigenvalue weighted by Gasteiger charge is 2.01. The molecule has 0 radical (unpaired) electrons. The first-order valence-electron chi connectivity index (χ1n) is 6.43. The van der Waals surface area contributed by atoms with Crippen LogP contribution in [-0.2, 0) is 4.57 Å². The largest absolute Gasteiger partial charge is 0.393 e. The third-order valence-electron chi connectivity index (χ3n) is 2.76. The van der Waals surface area contributed by atoms with Crippen molar-refractivity contribution < 1.29 is 9.67 Å². The number of hydrogen-bond acceptors (Lipinski definition) is 2. The molecular formula is C12H27O2P.